The first-order chi connectivity index (χ1) is 15.2. The van der Waals surface area contributed by atoms with Gasteiger partial charge in [-0.3, -0.25) is 4.79 Å². The van der Waals surface area contributed by atoms with E-state index < -0.39 is 0 Å². The highest BCUT2D eigenvalue weighted by atomic mass is 16.4. The lowest BCUT2D eigenvalue weighted by molar-refractivity contribution is 0.0988. The summed E-state index contributed by atoms with van der Waals surface area (Å²) in [4.78, 5) is 26.5. The summed E-state index contributed by atoms with van der Waals surface area (Å²) in [5.74, 6) is 1.52. The smallest absolute Gasteiger partial charge is 0.315 e. The van der Waals surface area contributed by atoms with Crippen LogP contribution in [-0.2, 0) is 0 Å². The van der Waals surface area contributed by atoms with Crippen molar-refractivity contribution in [3.8, 4) is 11.5 Å². The Kier molecular flexibility index (Phi) is 4.89. The minimum atomic E-state index is -0.108. The van der Waals surface area contributed by atoms with E-state index in [0.717, 1.165) is 30.6 Å². The van der Waals surface area contributed by atoms with Crippen LogP contribution in [0, 0.1) is 0 Å². The predicted octanol–water partition coefficient (Wildman–Crippen LogP) is 2.63. The highest BCUT2D eigenvalue weighted by Crippen LogP contribution is 2.35. The molecule has 1 amide bonds. The van der Waals surface area contributed by atoms with Crippen LogP contribution in [0.3, 0.4) is 0 Å². The summed E-state index contributed by atoms with van der Waals surface area (Å²) in [5.41, 5.74) is 2.06. The maximum atomic E-state index is 13.5. The Morgan fingerprint density at radius 3 is 3.03 bits per heavy atom. The van der Waals surface area contributed by atoms with Gasteiger partial charge in [0.1, 0.15) is 11.4 Å². The monoisotopic (exact) mass is 420 g/mol. The number of anilines is 4. The lowest BCUT2D eigenvalue weighted by Gasteiger charge is -2.27. The van der Waals surface area contributed by atoms with Gasteiger partial charge in [-0.2, -0.15) is 4.98 Å². The number of nitrogens with one attached hydrogen (secondary N) is 2. The van der Waals surface area contributed by atoms with Crippen molar-refractivity contribution in [1.29, 1.82) is 0 Å². The molecule has 1 aromatic carbocycles. The van der Waals surface area contributed by atoms with E-state index in [1.54, 1.807) is 13.2 Å². The molecule has 3 aromatic rings. The van der Waals surface area contributed by atoms with Gasteiger partial charge >= 0.3 is 6.01 Å². The van der Waals surface area contributed by atoms with Gasteiger partial charge in [0.2, 0.25) is 11.8 Å². The van der Waals surface area contributed by atoms with Crippen molar-refractivity contribution in [1.82, 2.24) is 20.2 Å². The van der Waals surface area contributed by atoms with E-state index in [4.69, 9.17) is 4.42 Å². The lowest BCUT2D eigenvalue weighted by atomic mass is 10.1. The molecule has 2 aliphatic heterocycles. The third-order valence-electron chi connectivity index (χ3n) is 5.67. The van der Waals surface area contributed by atoms with Crippen molar-refractivity contribution in [2.75, 3.05) is 47.1 Å². The number of fused-ring (bicyclic) bond motifs is 3. The number of aromatic nitrogens is 4. The van der Waals surface area contributed by atoms with Crippen LogP contribution in [0.4, 0.5) is 23.5 Å². The van der Waals surface area contributed by atoms with Gasteiger partial charge in [-0.05, 0) is 38.0 Å². The van der Waals surface area contributed by atoms with Gasteiger partial charge in [-0.15, -0.1) is 5.10 Å². The highest BCUT2D eigenvalue weighted by molar-refractivity contribution is 6.10. The Morgan fingerprint density at radius 2 is 2.19 bits per heavy atom. The Morgan fingerprint density at radius 1 is 1.29 bits per heavy atom. The molecule has 2 aliphatic rings. The third kappa shape index (κ3) is 3.43. The van der Waals surface area contributed by atoms with Crippen LogP contribution in [0.2, 0.25) is 0 Å². The molecule has 2 aromatic heterocycles. The maximum absolute atomic E-state index is 13.5. The molecule has 0 unspecified atom stereocenters. The maximum Gasteiger partial charge on any atom is 0.315 e. The molecule has 1 atom stereocenters. The number of carbonyl (C=O) groups excluding carboxylic acids is 1. The molecule has 5 rings (SSSR count). The fraction of sp³-hybridized carbons (Fsp3) is 0.381. The molecule has 1 fully saturated rings. The number of hydrogen-bond acceptors (Lipinski definition) is 9. The summed E-state index contributed by atoms with van der Waals surface area (Å²) >= 11 is 0. The molecule has 1 saturated heterocycles. The summed E-state index contributed by atoms with van der Waals surface area (Å²) in [6, 6.07) is 8.21. The molecule has 0 aliphatic carbocycles. The molecule has 0 bridgehead atoms. The van der Waals surface area contributed by atoms with E-state index >= 15 is 0 Å². The molecule has 4 heterocycles. The van der Waals surface area contributed by atoms with Crippen molar-refractivity contribution in [2.24, 2.45) is 0 Å². The summed E-state index contributed by atoms with van der Waals surface area (Å²) in [6.07, 6.45) is 3.70. The average molecular weight is 420 g/mol. The van der Waals surface area contributed by atoms with Gasteiger partial charge in [0.25, 0.3) is 5.91 Å². The SMILES string of the molecule is CCNc1nnc(-c2cccc(N3C[C@@H]4CCCN4c4nc(NC)ncc4C3=O)c2)o1. The zero-order chi connectivity index (χ0) is 21.4. The van der Waals surface area contributed by atoms with Crippen LogP contribution in [0.25, 0.3) is 11.5 Å². The van der Waals surface area contributed by atoms with E-state index in [9.17, 15) is 4.79 Å². The summed E-state index contributed by atoms with van der Waals surface area (Å²) in [6.45, 7) is 4.12. The molecule has 31 heavy (non-hydrogen) atoms. The number of hydrogen-bond donors (Lipinski definition) is 2. The zero-order valence-corrected chi connectivity index (χ0v) is 17.5. The van der Waals surface area contributed by atoms with Gasteiger partial charge in [0.15, 0.2) is 0 Å². The second-order valence-corrected chi connectivity index (χ2v) is 7.58. The van der Waals surface area contributed by atoms with Crippen molar-refractivity contribution >= 4 is 29.4 Å². The van der Waals surface area contributed by atoms with E-state index in [-0.39, 0.29) is 11.9 Å². The van der Waals surface area contributed by atoms with Gasteiger partial charge < -0.3 is 24.9 Å². The van der Waals surface area contributed by atoms with E-state index in [2.05, 4.69) is 35.7 Å². The molecule has 0 spiro atoms. The quantitative estimate of drug-likeness (QED) is 0.643. The molecule has 10 heteroatoms. The normalized spacial score (nSPS) is 17.9. The van der Waals surface area contributed by atoms with Crippen LogP contribution >= 0.6 is 0 Å². The predicted molar refractivity (Wildman–Crippen MR) is 118 cm³/mol. The van der Waals surface area contributed by atoms with Gasteiger partial charge in [-0.25, -0.2) is 4.98 Å². The lowest BCUT2D eigenvalue weighted by Crippen LogP contribution is -2.39. The van der Waals surface area contributed by atoms with Gasteiger partial charge in [-0.1, -0.05) is 11.2 Å². The molecule has 160 valence electrons. The molecule has 10 nitrogen and oxygen atoms in total. The Bertz CT molecular complexity index is 1110. The first kappa shape index (κ1) is 19.3. The molecular weight excluding hydrogens is 396 g/mol. The first-order valence-electron chi connectivity index (χ1n) is 10.5. The fourth-order valence-electron chi connectivity index (χ4n) is 4.20. The number of rotatable bonds is 5. The van der Waals surface area contributed by atoms with Crippen molar-refractivity contribution in [2.45, 2.75) is 25.8 Å². The minimum Gasteiger partial charge on any atom is -0.403 e. The largest absolute Gasteiger partial charge is 0.403 e. The van der Waals surface area contributed by atoms with Crippen LogP contribution in [-0.4, -0.2) is 58.8 Å². The zero-order valence-electron chi connectivity index (χ0n) is 17.5. The number of carbonyl (C=O) groups is 1. The Hall–Kier alpha value is -3.69. The number of benzene rings is 1. The van der Waals surface area contributed by atoms with Crippen LogP contribution < -0.4 is 20.4 Å². The van der Waals surface area contributed by atoms with Crippen LogP contribution in [0.5, 0.6) is 0 Å². The molecule has 0 radical (unpaired) electrons. The van der Waals surface area contributed by atoms with Crippen molar-refractivity contribution in [3.63, 3.8) is 0 Å². The number of amides is 1. The van der Waals surface area contributed by atoms with E-state index in [1.807, 2.05) is 36.1 Å². The summed E-state index contributed by atoms with van der Waals surface area (Å²) in [7, 11) is 1.78. The summed E-state index contributed by atoms with van der Waals surface area (Å²) in [5, 5.41) is 14.1. The first-order valence-corrected chi connectivity index (χ1v) is 10.5. The minimum absolute atomic E-state index is 0.108. The van der Waals surface area contributed by atoms with E-state index in [1.165, 1.54) is 0 Å². The van der Waals surface area contributed by atoms with Crippen molar-refractivity contribution in [3.05, 3.63) is 36.0 Å². The molecule has 0 saturated carbocycles. The van der Waals surface area contributed by atoms with Gasteiger partial charge in [0.05, 0.1) is 0 Å². The molecule has 2 N–H and O–H groups in total. The van der Waals surface area contributed by atoms with Gasteiger partial charge in [0, 0.05) is 50.2 Å². The van der Waals surface area contributed by atoms with Crippen LogP contribution in [0.1, 0.15) is 30.1 Å². The highest BCUT2D eigenvalue weighted by Gasteiger charge is 2.37. The second kappa shape index (κ2) is 7.86. The topological polar surface area (TPSA) is 112 Å². The average Bonchev–Trinajstić information content (AvgIpc) is 3.44. The number of nitrogens with zero attached hydrogens (tertiary/aromatic N) is 6. The summed E-state index contributed by atoms with van der Waals surface area (Å²) < 4.78 is 5.68. The molecular formula is C21H24N8O2. The third-order valence-corrected chi connectivity index (χ3v) is 5.67. The Labute approximate surface area is 179 Å². The van der Waals surface area contributed by atoms with Crippen molar-refractivity contribution < 1.29 is 9.21 Å². The second-order valence-electron chi connectivity index (χ2n) is 7.58. The van der Waals surface area contributed by atoms with E-state index in [0.29, 0.717) is 42.3 Å². The fourth-order valence-corrected chi connectivity index (χ4v) is 4.20. The Balaban J connectivity index is 1.53. The van der Waals surface area contributed by atoms with Crippen LogP contribution in [0.15, 0.2) is 34.9 Å². The standard InChI is InChI=1S/C21H24N8O2/c1-3-23-21-27-26-18(31-21)13-6-4-7-14(10-13)29-12-15-8-5-9-28(15)17-16(19(29)30)11-24-20(22-2)25-17/h4,6-7,10-11,15H,3,5,8-9,12H2,1-2H3,(H,23,27)(H,22,24,25)/t15-/m0/s1.